The number of ketones is 1. The van der Waals surface area contributed by atoms with Gasteiger partial charge in [-0.25, -0.2) is 0 Å². The Balaban J connectivity index is 1.74. The van der Waals surface area contributed by atoms with Crippen molar-refractivity contribution in [3.05, 3.63) is 11.1 Å². The third kappa shape index (κ3) is 2.44. The van der Waals surface area contributed by atoms with E-state index in [1.165, 1.54) is 12.5 Å². The molecule has 0 aliphatic heterocycles. The molecule has 4 heteroatoms. The Bertz CT molecular complexity index is 665. The van der Waals surface area contributed by atoms with Crippen molar-refractivity contribution in [3.8, 4) is 0 Å². The van der Waals surface area contributed by atoms with Gasteiger partial charge in [-0.05, 0) is 80.6 Å². The zero-order valence-electron chi connectivity index (χ0n) is 16.3. The van der Waals surface area contributed by atoms with Crippen LogP contribution in [0.2, 0.25) is 0 Å². The first-order chi connectivity index (χ1) is 12.3. The summed E-state index contributed by atoms with van der Waals surface area (Å²) in [4.78, 5) is 24.0. The van der Waals surface area contributed by atoms with Crippen LogP contribution in [0.1, 0.15) is 72.1 Å². The number of aliphatic hydroxyl groups is 1. The van der Waals surface area contributed by atoms with Gasteiger partial charge in [0.1, 0.15) is 6.61 Å². The van der Waals surface area contributed by atoms with Crippen molar-refractivity contribution in [2.24, 2.45) is 28.6 Å². The number of carbonyl (C=O) groups excluding carboxylic acids is 2. The molecular formula is C22H32O4. The number of hydrogen-bond donors (Lipinski definition) is 1. The van der Waals surface area contributed by atoms with Gasteiger partial charge in [0, 0.05) is 18.8 Å². The fourth-order valence-corrected chi connectivity index (χ4v) is 7.22. The molecule has 26 heavy (non-hydrogen) atoms. The Kier molecular flexibility index (Phi) is 4.33. The molecule has 0 spiro atoms. The first-order valence-corrected chi connectivity index (χ1v) is 10.3. The van der Waals surface area contributed by atoms with E-state index in [1.54, 1.807) is 0 Å². The van der Waals surface area contributed by atoms with Gasteiger partial charge in [0.15, 0.2) is 5.78 Å². The number of fused-ring (bicyclic) bond motifs is 5. The molecule has 4 rings (SSSR count). The standard InChI is InChI=1S/C22H32O4/c1-13-16-5-4-15-17-6-7-20(25)21(17,3)10-8-18(15)22(16,11-9-19(13)24)12-26-14(2)23/h15,17-18,20,25H,4-12H2,1-3H3/t15-,17-,18+,20?,21-,22+/m0/s1. The zero-order chi connectivity index (χ0) is 18.7. The van der Waals surface area contributed by atoms with Crippen molar-refractivity contribution in [1.29, 1.82) is 0 Å². The molecule has 3 fully saturated rings. The van der Waals surface area contributed by atoms with Gasteiger partial charge in [0.05, 0.1) is 6.10 Å². The van der Waals surface area contributed by atoms with E-state index in [0.717, 1.165) is 50.5 Å². The molecule has 0 aromatic heterocycles. The van der Waals surface area contributed by atoms with Gasteiger partial charge in [-0.2, -0.15) is 0 Å². The lowest BCUT2D eigenvalue weighted by atomic mass is 9.46. The molecule has 0 amide bonds. The van der Waals surface area contributed by atoms with Crippen LogP contribution in [0.5, 0.6) is 0 Å². The molecule has 0 aromatic rings. The lowest BCUT2D eigenvalue weighted by Crippen LogP contribution is -2.54. The SMILES string of the molecule is CC(=O)OC[C@]12CCC(=O)C(C)=C1CC[C@@H]1[C@H]2CC[C@]2(C)C(O)CC[C@@H]12. The molecule has 0 bridgehead atoms. The van der Waals surface area contributed by atoms with Crippen LogP contribution in [0.4, 0.5) is 0 Å². The average molecular weight is 360 g/mol. The number of aliphatic hydroxyl groups excluding tert-OH is 1. The molecule has 1 unspecified atom stereocenters. The minimum atomic E-state index is -0.229. The summed E-state index contributed by atoms with van der Waals surface area (Å²) in [5.74, 6) is 1.65. The van der Waals surface area contributed by atoms with Crippen LogP contribution >= 0.6 is 0 Å². The highest BCUT2D eigenvalue weighted by Crippen LogP contribution is 2.65. The molecular weight excluding hydrogens is 328 g/mol. The van der Waals surface area contributed by atoms with E-state index in [9.17, 15) is 14.7 Å². The topological polar surface area (TPSA) is 63.6 Å². The molecule has 4 aliphatic rings. The van der Waals surface area contributed by atoms with Crippen LogP contribution in [0.15, 0.2) is 11.1 Å². The first-order valence-electron chi connectivity index (χ1n) is 10.3. The summed E-state index contributed by atoms with van der Waals surface area (Å²) >= 11 is 0. The third-order valence-electron chi connectivity index (χ3n) is 8.63. The Labute approximate surface area is 156 Å². The Morgan fingerprint density at radius 2 is 1.92 bits per heavy atom. The molecule has 0 heterocycles. The van der Waals surface area contributed by atoms with Gasteiger partial charge < -0.3 is 9.84 Å². The van der Waals surface area contributed by atoms with Crippen LogP contribution in [0, 0.1) is 28.6 Å². The van der Waals surface area contributed by atoms with Crippen LogP contribution < -0.4 is 0 Å². The summed E-state index contributed by atoms with van der Waals surface area (Å²) in [5, 5.41) is 10.6. The normalized spacial score (nSPS) is 45.0. The number of Topliss-reactive ketones (excluding diaryl/α,β-unsaturated/α-hetero) is 1. The van der Waals surface area contributed by atoms with Gasteiger partial charge in [-0.15, -0.1) is 0 Å². The monoisotopic (exact) mass is 360 g/mol. The van der Waals surface area contributed by atoms with E-state index in [-0.39, 0.29) is 28.7 Å². The van der Waals surface area contributed by atoms with E-state index in [0.29, 0.717) is 30.8 Å². The second kappa shape index (κ2) is 6.19. The van der Waals surface area contributed by atoms with Crippen molar-refractivity contribution in [3.63, 3.8) is 0 Å². The number of esters is 1. The Morgan fingerprint density at radius 1 is 1.15 bits per heavy atom. The summed E-state index contributed by atoms with van der Waals surface area (Å²) < 4.78 is 5.60. The van der Waals surface area contributed by atoms with Gasteiger partial charge in [0.2, 0.25) is 0 Å². The molecule has 0 saturated heterocycles. The van der Waals surface area contributed by atoms with Gasteiger partial charge in [-0.1, -0.05) is 12.5 Å². The summed E-state index contributed by atoms with van der Waals surface area (Å²) in [6.07, 6.45) is 7.42. The largest absolute Gasteiger partial charge is 0.465 e. The van der Waals surface area contributed by atoms with Crippen molar-refractivity contribution in [2.75, 3.05) is 6.61 Å². The van der Waals surface area contributed by atoms with E-state index in [1.807, 2.05) is 6.92 Å². The fraction of sp³-hybridized carbons (Fsp3) is 0.818. The van der Waals surface area contributed by atoms with E-state index < -0.39 is 0 Å². The van der Waals surface area contributed by atoms with E-state index in [4.69, 9.17) is 4.74 Å². The summed E-state index contributed by atoms with van der Waals surface area (Å²) in [6, 6.07) is 0. The predicted molar refractivity (Wildman–Crippen MR) is 98.3 cm³/mol. The zero-order valence-corrected chi connectivity index (χ0v) is 16.3. The summed E-state index contributed by atoms with van der Waals surface area (Å²) in [5.41, 5.74) is 2.10. The number of ether oxygens (including phenoxy) is 1. The number of hydrogen-bond acceptors (Lipinski definition) is 4. The van der Waals surface area contributed by atoms with Crippen molar-refractivity contribution in [1.82, 2.24) is 0 Å². The van der Waals surface area contributed by atoms with E-state index in [2.05, 4.69) is 6.92 Å². The molecule has 1 N–H and O–H groups in total. The molecule has 0 aromatic carbocycles. The number of rotatable bonds is 2. The predicted octanol–water partition coefficient (Wildman–Crippen LogP) is 3.81. The quantitative estimate of drug-likeness (QED) is 0.761. The minimum absolute atomic E-state index is 0.0462. The highest BCUT2D eigenvalue weighted by Gasteiger charge is 2.60. The number of carbonyl (C=O) groups is 2. The smallest absolute Gasteiger partial charge is 0.302 e. The second-order valence-corrected chi connectivity index (χ2v) is 9.52. The Morgan fingerprint density at radius 3 is 2.65 bits per heavy atom. The molecule has 4 aliphatic carbocycles. The van der Waals surface area contributed by atoms with E-state index >= 15 is 0 Å². The summed E-state index contributed by atoms with van der Waals surface area (Å²) in [7, 11) is 0. The van der Waals surface area contributed by atoms with Crippen LogP contribution in [0.3, 0.4) is 0 Å². The molecule has 3 saturated carbocycles. The van der Waals surface area contributed by atoms with Crippen molar-refractivity contribution in [2.45, 2.75) is 78.2 Å². The Hall–Kier alpha value is -1.16. The maximum absolute atomic E-state index is 12.4. The van der Waals surface area contributed by atoms with Gasteiger partial charge >= 0.3 is 5.97 Å². The first kappa shape index (κ1) is 18.2. The maximum atomic E-state index is 12.4. The van der Waals surface area contributed by atoms with Crippen LogP contribution in [-0.2, 0) is 14.3 Å². The van der Waals surface area contributed by atoms with Gasteiger partial charge in [0.25, 0.3) is 0 Å². The van der Waals surface area contributed by atoms with Crippen LogP contribution in [-0.4, -0.2) is 29.6 Å². The molecule has 0 radical (unpaired) electrons. The highest BCUT2D eigenvalue weighted by molar-refractivity contribution is 5.96. The molecule has 4 nitrogen and oxygen atoms in total. The second-order valence-electron chi connectivity index (χ2n) is 9.52. The molecule has 6 atom stereocenters. The maximum Gasteiger partial charge on any atom is 0.302 e. The van der Waals surface area contributed by atoms with Gasteiger partial charge in [-0.3, -0.25) is 9.59 Å². The fourth-order valence-electron chi connectivity index (χ4n) is 7.22. The minimum Gasteiger partial charge on any atom is -0.465 e. The lowest BCUT2D eigenvalue weighted by Gasteiger charge is -2.58. The van der Waals surface area contributed by atoms with Crippen molar-refractivity contribution >= 4 is 11.8 Å². The third-order valence-corrected chi connectivity index (χ3v) is 8.63. The molecule has 144 valence electrons. The lowest BCUT2D eigenvalue weighted by molar-refractivity contribution is -0.150. The summed E-state index contributed by atoms with van der Waals surface area (Å²) in [6.45, 7) is 6.17. The average Bonchev–Trinajstić information content (AvgIpc) is 2.92. The highest BCUT2D eigenvalue weighted by atomic mass is 16.5. The van der Waals surface area contributed by atoms with Crippen molar-refractivity contribution < 1.29 is 19.4 Å². The van der Waals surface area contributed by atoms with Crippen LogP contribution in [0.25, 0.3) is 0 Å².